The number of rotatable bonds is 3. The molecule has 0 bridgehead atoms. The van der Waals surface area contributed by atoms with E-state index in [0.29, 0.717) is 5.92 Å². The molecule has 0 saturated carbocycles. The zero-order valence-electron chi connectivity index (χ0n) is 16.2. The van der Waals surface area contributed by atoms with Crippen LogP contribution in [-0.2, 0) is 0 Å². The molecule has 1 aromatic heterocycles. The Kier molecular flexibility index (Phi) is 10.00. The topological polar surface area (TPSA) is 28.7 Å². The molecule has 0 fully saturated rings. The van der Waals surface area contributed by atoms with E-state index in [1.54, 1.807) is 12.4 Å². The summed E-state index contributed by atoms with van der Waals surface area (Å²) in [7, 11) is 0. The Hall–Kier alpha value is -2.35. The van der Waals surface area contributed by atoms with Crippen LogP contribution in [0.3, 0.4) is 0 Å². The third-order valence-corrected chi connectivity index (χ3v) is 3.97. The number of nitrogens with zero attached hydrogens (tertiary/aromatic N) is 1. The number of aromatic amines is 1. The number of aryl methyl sites for hydroxylation is 1. The minimum atomic E-state index is 0.696. The van der Waals surface area contributed by atoms with Crippen molar-refractivity contribution in [2.45, 2.75) is 40.5 Å². The number of aromatic nitrogens is 2. The summed E-state index contributed by atoms with van der Waals surface area (Å²) in [6.07, 6.45) is 3.46. The van der Waals surface area contributed by atoms with Crippen molar-refractivity contribution in [2.75, 3.05) is 0 Å². The Labute approximate surface area is 153 Å². The first-order valence-corrected chi connectivity index (χ1v) is 9.02. The van der Waals surface area contributed by atoms with E-state index in [4.69, 9.17) is 0 Å². The van der Waals surface area contributed by atoms with E-state index in [1.807, 2.05) is 24.3 Å². The summed E-state index contributed by atoms with van der Waals surface area (Å²) in [6.45, 7) is 11.3. The highest BCUT2D eigenvalue weighted by Crippen LogP contribution is 2.31. The Morgan fingerprint density at radius 3 is 1.52 bits per heavy atom. The van der Waals surface area contributed by atoms with Gasteiger partial charge in [-0.1, -0.05) is 93.9 Å². The standard InChI is InChI=1S/C13H20.C7H8.C3H4N2/c1-10(2)13(11(3)4)12-8-6-5-7-9-12;1-7-5-3-2-4-6-7;1-2-4-5-3-1/h5-11,13H,1-4H3;2-6H,1H3;1-3H,(H,4,5). The predicted molar refractivity (Wildman–Crippen MR) is 109 cm³/mol. The largest absolute Gasteiger partial charge is 0.286 e. The van der Waals surface area contributed by atoms with E-state index in [2.05, 4.69) is 87.3 Å². The lowest BCUT2D eigenvalue weighted by atomic mass is 9.80. The molecule has 2 nitrogen and oxygen atoms in total. The molecule has 0 aliphatic rings. The average Bonchev–Trinajstić information content (AvgIpc) is 3.16. The summed E-state index contributed by atoms with van der Waals surface area (Å²) >= 11 is 0. The lowest BCUT2D eigenvalue weighted by Gasteiger charge is -2.25. The zero-order valence-corrected chi connectivity index (χ0v) is 16.2. The third-order valence-electron chi connectivity index (χ3n) is 3.97. The summed E-state index contributed by atoms with van der Waals surface area (Å²) in [4.78, 5) is 0. The van der Waals surface area contributed by atoms with Crippen LogP contribution in [0.1, 0.15) is 44.7 Å². The van der Waals surface area contributed by atoms with Crippen molar-refractivity contribution >= 4 is 0 Å². The maximum absolute atomic E-state index is 3.60. The van der Waals surface area contributed by atoms with Gasteiger partial charge in [0, 0.05) is 12.4 Å². The highest BCUT2D eigenvalue weighted by Gasteiger charge is 2.18. The van der Waals surface area contributed by atoms with Crippen molar-refractivity contribution in [3.05, 3.63) is 90.3 Å². The monoisotopic (exact) mass is 336 g/mol. The number of hydrogen-bond acceptors (Lipinski definition) is 1. The highest BCUT2D eigenvalue weighted by atomic mass is 15.1. The second-order valence-electron chi connectivity index (χ2n) is 6.85. The lowest BCUT2D eigenvalue weighted by molar-refractivity contribution is 0.388. The van der Waals surface area contributed by atoms with Crippen LogP contribution < -0.4 is 0 Å². The molecular weight excluding hydrogens is 304 g/mol. The second-order valence-corrected chi connectivity index (χ2v) is 6.85. The number of nitrogens with one attached hydrogen (secondary N) is 1. The van der Waals surface area contributed by atoms with Crippen LogP contribution in [0, 0.1) is 18.8 Å². The quantitative estimate of drug-likeness (QED) is 0.582. The molecule has 0 spiro atoms. The molecule has 0 saturated heterocycles. The van der Waals surface area contributed by atoms with E-state index in [9.17, 15) is 0 Å². The van der Waals surface area contributed by atoms with Gasteiger partial charge in [0.25, 0.3) is 0 Å². The SMILES string of the molecule is CC(C)C(c1ccccc1)C(C)C.Cc1ccccc1.c1cn[nH]c1. The van der Waals surface area contributed by atoms with Gasteiger partial charge in [-0.05, 0) is 36.3 Å². The minimum Gasteiger partial charge on any atom is -0.286 e. The molecule has 0 unspecified atom stereocenters. The molecule has 0 radical (unpaired) electrons. The van der Waals surface area contributed by atoms with Gasteiger partial charge in [-0.25, -0.2) is 0 Å². The van der Waals surface area contributed by atoms with E-state index < -0.39 is 0 Å². The molecule has 2 aromatic carbocycles. The fourth-order valence-corrected chi connectivity index (χ4v) is 2.96. The maximum atomic E-state index is 3.60. The fraction of sp³-hybridized carbons (Fsp3) is 0.348. The third kappa shape index (κ3) is 8.90. The lowest BCUT2D eigenvalue weighted by Crippen LogP contribution is -2.13. The molecule has 25 heavy (non-hydrogen) atoms. The first kappa shape index (κ1) is 20.7. The van der Waals surface area contributed by atoms with Crippen molar-refractivity contribution in [1.29, 1.82) is 0 Å². The van der Waals surface area contributed by atoms with Gasteiger partial charge in [-0.3, -0.25) is 5.10 Å². The molecule has 3 aromatic rings. The molecule has 0 amide bonds. The fourth-order valence-electron chi connectivity index (χ4n) is 2.96. The summed E-state index contributed by atoms with van der Waals surface area (Å²) in [5.41, 5.74) is 2.80. The number of H-pyrrole nitrogens is 1. The van der Waals surface area contributed by atoms with Gasteiger partial charge < -0.3 is 0 Å². The van der Waals surface area contributed by atoms with Crippen LogP contribution in [0.4, 0.5) is 0 Å². The van der Waals surface area contributed by atoms with Crippen LogP contribution in [0.5, 0.6) is 0 Å². The van der Waals surface area contributed by atoms with Crippen molar-refractivity contribution < 1.29 is 0 Å². The van der Waals surface area contributed by atoms with Gasteiger partial charge in [0.15, 0.2) is 0 Å². The van der Waals surface area contributed by atoms with Gasteiger partial charge in [-0.2, -0.15) is 5.10 Å². The predicted octanol–water partition coefficient (Wildman–Crippen LogP) is 6.49. The van der Waals surface area contributed by atoms with Crippen molar-refractivity contribution in [1.82, 2.24) is 10.2 Å². The Balaban J connectivity index is 0.000000215. The molecule has 1 N–H and O–H groups in total. The van der Waals surface area contributed by atoms with Crippen LogP contribution in [0.2, 0.25) is 0 Å². The Morgan fingerprint density at radius 2 is 1.24 bits per heavy atom. The molecule has 0 aliphatic carbocycles. The average molecular weight is 337 g/mol. The summed E-state index contributed by atoms with van der Waals surface area (Å²) < 4.78 is 0. The van der Waals surface area contributed by atoms with Crippen molar-refractivity contribution in [3.8, 4) is 0 Å². The molecule has 0 atom stereocenters. The van der Waals surface area contributed by atoms with Crippen LogP contribution in [-0.4, -0.2) is 10.2 Å². The molecule has 2 heteroatoms. The summed E-state index contributed by atoms with van der Waals surface area (Å²) in [5.74, 6) is 2.14. The normalized spacial score (nSPS) is 10.1. The van der Waals surface area contributed by atoms with Crippen LogP contribution >= 0.6 is 0 Å². The molecule has 3 rings (SSSR count). The zero-order chi connectivity index (χ0) is 18.5. The first-order chi connectivity index (χ1) is 12.0. The van der Waals surface area contributed by atoms with Gasteiger partial charge in [0.1, 0.15) is 0 Å². The van der Waals surface area contributed by atoms with E-state index in [0.717, 1.165) is 11.8 Å². The van der Waals surface area contributed by atoms with Gasteiger partial charge in [0.05, 0.1) is 0 Å². The van der Waals surface area contributed by atoms with E-state index in [-0.39, 0.29) is 0 Å². The van der Waals surface area contributed by atoms with E-state index >= 15 is 0 Å². The number of hydrogen-bond donors (Lipinski definition) is 1. The van der Waals surface area contributed by atoms with E-state index in [1.165, 1.54) is 11.1 Å². The Morgan fingerprint density at radius 1 is 0.720 bits per heavy atom. The Bertz CT molecular complexity index is 603. The van der Waals surface area contributed by atoms with Crippen molar-refractivity contribution in [3.63, 3.8) is 0 Å². The molecule has 134 valence electrons. The smallest absolute Gasteiger partial charge is 0.0487 e. The van der Waals surface area contributed by atoms with Crippen LogP contribution in [0.25, 0.3) is 0 Å². The highest BCUT2D eigenvalue weighted by molar-refractivity contribution is 5.20. The first-order valence-electron chi connectivity index (χ1n) is 9.02. The maximum Gasteiger partial charge on any atom is 0.0487 e. The molecule has 0 aliphatic heterocycles. The second kappa shape index (κ2) is 12.1. The summed E-state index contributed by atoms with van der Waals surface area (Å²) in [6, 6.07) is 22.9. The number of benzene rings is 2. The van der Waals surface area contributed by atoms with Gasteiger partial charge in [-0.15, -0.1) is 0 Å². The molecule has 1 heterocycles. The van der Waals surface area contributed by atoms with Crippen molar-refractivity contribution in [2.24, 2.45) is 11.8 Å². The van der Waals surface area contributed by atoms with Gasteiger partial charge in [0.2, 0.25) is 0 Å². The summed E-state index contributed by atoms with van der Waals surface area (Å²) in [5, 5.41) is 6.21. The minimum absolute atomic E-state index is 0.696. The van der Waals surface area contributed by atoms with Crippen LogP contribution in [0.15, 0.2) is 79.1 Å². The van der Waals surface area contributed by atoms with Gasteiger partial charge >= 0.3 is 0 Å². The molecular formula is C23H32N2.